The highest BCUT2D eigenvalue weighted by Gasteiger charge is 2.36. The summed E-state index contributed by atoms with van der Waals surface area (Å²) in [5.74, 6) is 0.897. The molecule has 0 bridgehead atoms. The number of rotatable bonds is 2. The Balaban J connectivity index is 1.95. The molecule has 2 rings (SSSR count). The molecule has 17 heavy (non-hydrogen) atoms. The van der Waals surface area contributed by atoms with Gasteiger partial charge in [0.2, 0.25) is 0 Å². The summed E-state index contributed by atoms with van der Waals surface area (Å²) in [5.41, 5.74) is -0.116. The highest BCUT2D eigenvalue weighted by atomic mass is 16.5. The van der Waals surface area contributed by atoms with Gasteiger partial charge in [0.25, 0.3) is 0 Å². The number of aliphatic hydroxyl groups excluding tert-OH is 1. The molecule has 0 aromatic rings. The monoisotopic (exact) mass is 241 g/mol. The van der Waals surface area contributed by atoms with Gasteiger partial charge in [-0.25, -0.2) is 0 Å². The Bertz CT molecular complexity index is 247. The lowest BCUT2D eigenvalue weighted by Crippen LogP contribution is -2.57. The normalized spacial score (nSPS) is 39.2. The van der Waals surface area contributed by atoms with Crippen molar-refractivity contribution in [1.29, 1.82) is 0 Å². The number of nitrogens with zero attached hydrogens (tertiary/aromatic N) is 1. The Kier molecular flexibility index (Phi) is 4.11. The Labute approximate surface area is 105 Å². The number of hydrogen-bond acceptors (Lipinski definition) is 3. The Morgan fingerprint density at radius 2 is 1.88 bits per heavy atom. The van der Waals surface area contributed by atoms with Gasteiger partial charge in [0.15, 0.2) is 0 Å². The summed E-state index contributed by atoms with van der Waals surface area (Å²) in [4.78, 5) is 2.55. The van der Waals surface area contributed by atoms with Crippen molar-refractivity contribution in [2.45, 2.75) is 64.2 Å². The molecule has 100 valence electrons. The quantitative estimate of drug-likeness (QED) is 0.803. The van der Waals surface area contributed by atoms with Crippen LogP contribution in [0.2, 0.25) is 0 Å². The number of aliphatic hydroxyl groups is 1. The average molecular weight is 241 g/mol. The van der Waals surface area contributed by atoms with Gasteiger partial charge in [-0.1, -0.05) is 6.92 Å². The van der Waals surface area contributed by atoms with E-state index in [1.807, 2.05) is 0 Å². The zero-order chi connectivity index (χ0) is 12.5. The summed E-state index contributed by atoms with van der Waals surface area (Å²) >= 11 is 0. The van der Waals surface area contributed by atoms with Crippen molar-refractivity contribution in [3.05, 3.63) is 0 Å². The first-order chi connectivity index (χ1) is 8.00. The van der Waals surface area contributed by atoms with Crippen LogP contribution in [0.5, 0.6) is 0 Å². The SMILES string of the molecule is CC1CCC(N2CC(CO)OC(C)(C)C2)CC1. The molecule has 0 amide bonds. The molecule has 3 nitrogen and oxygen atoms in total. The minimum absolute atomic E-state index is 0.00176. The summed E-state index contributed by atoms with van der Waals surface area (Å²) in [5, 5.41) is 9.33. The van der Waals surface area contributed by atoms with Gasteiger partial charge in [0, 0.05) is 19.1 Å². The highest BCUT2D eigenvalue weighted by Crippen LogP contribution is 2.31. The topological polar surface area (TPSA) is 32.7 Å². The van der Waals surface area contributed by atoms with Crippen LogP contribution in [-0.2, 0) is 4.74 Å². The van der Waals surface area contributed by atoms with Crippen molar-refractivity contribution in [1.82, 2.24) is 4.90 Å². The molecule has 0 aromatic carbocycles. The molecule has 1 saturated carbocycles. The average Bonchev–Trinajstić information content (AvgIpc) is 2.27. The third kappa shape index (κ3) is 3.43. The molecule has 2 fully saturated rings. The first kappa shape index (κ1) is 13.3. The second kappa shape index (κ2) is 5.25. The summed E-state index contributed by atoms with van der Waals surface area (Å²) in [6, 6.07) is 0.712. The number of morpholine rings is 1. The van der Waals surface area contributed by atoms with Gasteiger partial charge >= 0.3 is 0 Å². The Morgan fingerprint density at radius 1 is 1.24 bits per heavy atom. The predicted octanol–water partition coefficient (Wildman–Crippen LogP) is 2.04. The molecule has 3 heteroatoms. The molecule has 1 saturated heterocycles. The van der Waals surface area contributed by atoms with E-state index < -0.39 is 0 Å². The Morgan fingerprint density at radius 3 is 2.47 bits per heavy atom. The van der Waals surface area contributed by atoms with Crippen molar-refractivity contribution >= 4 is 0 Å². The second-order valence-corrected chi connectivity index (χ2v) is 6.53. The summed E-state index contributed by atoms with van der Waals surface area (Å²) < 4.78 is 5.87. The smallest absolute Gasteiger partial charge is 0.0940 e. The largest absolute Gasteiger partial charge is 0.394 e. The molecule has 1 aliphatic carbocycles. The van der Waals surface area contributed by atoms with Crippen LogP contribution in [0.4, 0.5) is 0 Å². The van der Waals surface area contributed by atoms with Crippen LogP contribution in [0.25, 0.3) is 0 Å². The summed E-state index contributed by atoms with van der Waals surface area (Å²) in [6.45, 7) is 8.67. The first-order valence-electron chi connectivity index (χ1n) is 7.03. The third-order valence-electron chi connectivity index (χ3n) is 4.21. The van der Waals surface area contributed by atoms with Gasteiger partial charge in [-0.15, -0.1) is 0 Å². The zero-order valence-electron chi connectivity index (χ0n) is 11.5. The lowest BCUT2D eigenvalue weighted by Gasteiger charge is -2.47. The van der Waals surface area contributed by atoms with Crippen LogP contribution < -0.4 is 0 Å². The maximum Gasteiger partial charge on any atom is 0.0940 e. The van der Waals surface area contributed by atoms with E-state index in [1.165, 1.54) is 25.7 Å². The van der Waals surface area contributed by atoms with E-state index in [-0.39, 0.29) is 18.3 Å². The summed E-state index contributed by atoms with van der Waals surface area (Å²) in [7, 11) is 0. The van der Waals surface area contributed by atoms with Gasteiger partial charge in [0.05, 0.1) is 18.3 Å². The molecule has 1 atom stereocenters. The molecule has 1 aliphatic heterocycles. The van der Waals surface area contributed by atoms with Gasteiger partial charge < -0.3 is 9.84 Å². The predicted molar refractivity (Wildman–Crippen MR) is 69.0 cm³/mol. The molecular weight excluding hydrogens is 214 g/mol. The molecule has 1 N–H and O–H groups in total. The van der Waals surface area contributed by atoms with Crippen LogP contribution in [0.1, 0.15) is 46.5 Å². The molecule has 1 unspecified atom stereocenters. The lowest BCUT2D eigenvalue weighted by molar-refractivity contribution is -0.159. The lowest BCUT2D eigenvalue weighted by atomic mass is 9.85. The van der Waals surface area contributed by atoms with E-state index in [4.69, 9.17) is 4.74 Å². The van der Waals surface area contributed by atoms with Crippen LogP contribution in [0.3, 0.4) is 0 Å². The van der Waals surface area contributed by atoms with E-state index in [1.54, 1.807) is 0 Å². The van der Waals surface area contributed by atoms with Crippen molar-refractivity contribution in [2.75, 3.05) is 19.7 Å². The molecule has 0 aromatic heterocycles. The minimum atomic E-state index is -0.116. The van der Waals surface area contributed by atoms with Crippen LogP contribution in [0.15, 0.2) is 0 Å². The molecular formula is C14H27NO2. The van der Waals surface area contributed by atoms with Crippen molar-refractivity contribution in [2.24, 2.45) is 5.92 Å². The third-order valence-corrected chi connectivity index (χ3v) is 4.21. The van der Waals surface area contributed by atoms with Crippen LogP contribution in [0, 0.1) is 5.92 Å². The van der Waals surface area contributed by atoms with Gasteiger partial charge in [0.1, 0.15) is 0 Å². The fraction of sp³-hybridized carbons (Fsp3) is 1.00. The van der Waals surface area contributed by atoms with Crippen LogP contribution >= 0.6 is 0 Å². The van der Waals surface area contributed by atoms with E-state index >= 15 is 0 Å². The van der Waals surface area contributed by atoms with E-state index in [0.29, 0.717) is 6.04 Å². The fourth-order valence-electron chi connectivity index (χ4n) is 3.32. The van der Waals surface area contributed by atoms with Crippen LogP contribution in [-0.4, -0.2) is 47.4 Å². The maximum atomic E-state index is 9.33. The van der Waals surface area contributed by atoms with Gasteiger partial charge in [-0.05, 0) is 45.4 Å². The standard InChI is InChI=1S/C14H27NO2/c1-11-4-6-12(7-5-11)15-8-13(9-16)17-14(2,3)10-15/h11-13,16H,4-10H2,1-3H3. The van der Waals surface area contributed by atoms with Gasteiger partial charge in [-0.2, -0.15) is 0 Å². The zero-order valence-corrected chi connectivity index (χ0v) is 11.5. The molecule has 0 radical (unpaired) electrons. The van der Waals surface area contributed by atoms with Crippen molar-refractivity contribution < 1.29 is 9.84 Å². The van der Waals surface area contributed by atoms with E-state index in [2.05, 4.69) is 25.7 Å². The summed E-state index contributed by atoms with van der Waals surface area (Å²) in [6.07, 6.45) is 5.33. The Hall–Kier alpha value is -0.120. The molecule has 0 spiro atoms. The highest BCUT2D eigenvalue weighted by molar-refractivity contribution is 4.89. The number of ether oxygens (including phenoxy) is 1. The van der Waals surface area contributed by atoms with E-state index in [9.17, 15) is 5.11 Å². The maximum absolute atomic E-state index is 9.33. The fourth-order valence-corrected chi connectivity index (χ4v) is 3.32. The molecule has 1 heterocycles. The minimum Gasteiger partial charge on any atom is -0.394 e. The number of hydrogen-bond donors (Lipinski definition) is 1. The van der Waals surface area contributed by atoms with Crippen molar-refractivity contribution in [3.8, 4) is 0 Å². The van der Waals surface area contributed by atoms with Gasteiger partial charge in [-0.3, -0.25) is 4.90 Å². The second-order valence-electron chi connectivity index (χ2n) is 6.53. The molecule has 2 aliphatic rings. The van der Waals surface area contributed by atoms with Crippen molar-refractivity contribution in [3.63, 3.8) is 0 Å². The van der Waals surface area contributed by atoms with E-state index in [0.717, 1.165) is 19.0 Å². The first-order valence-corrected chi connectivity index (χ1v) is 7.03.